The van der Waals surface area contributed by atoms with Crippen molar-refractivity contribution < 1.29 is 0 Å². The normalized spacial score (nSPS) is 14.3. The molecule has 1 unspecified atom stereocenters. The van der Waals surface area contributed by atoms with Crippen LogP contribution >= 0.6 is 11.3 Å². The number of nitrogens with zero attached hydrogens (tertiary/aromatic N) is 2. The molecular formula is C61H40N2S. The summed E-state index contributed by atoms with van der Waals surface area (Å²) in [5.74, 6) is 0. The molecule has 0 amide bonds. The van der Waals surface area contributed by atoms with E-state index in [-0.39, 0.29) is 0 Å². The fourth-order valence-corrected chi connectivity index (χ4v) is 11.9. The molecule has 0 N–H and O–H groups in total. The van der Waals surface area contributed by atoms with Crippen molar-refractivity contribution in [3.05, 3.63) is 265 Å². The highest BCUT2D eigenvalue weighted by Gasteiger charge is 2.52. The van der Waals surface area contributed by atoms with Crippen LogP contribution in [0.3, 0.4) is 0 Å². The number of hydrogen-bond acceptors (Lipinski definition) is 3. The van der Waals surface area contributed by atoms with Crippen LogP contribution in [-0.2, 0) is 5.41 Å². The van der Waals surface area contributed by atoms with Gasteiger partial charge in [0, 0.05) is 48.6 Å². The molecule has 10 aromatic carbocycles. The standard InChI is InChI=1S/C61H40N2S/c1-4-18-41(19-5-1)42-20-16-25-45(38-42)63(57-31-17-33-59-60(57)52-28-12-15-32-58(52)64-59)47-35-37-51-49-27-11-14-30-54(49)61(56(51)40-47)53-29-13-10-26-48(53)50-36-34-46(39-55(50)61)62(43-21-6-2-7-22-43)44-23-8-3-9-24-44/h1-40H. The molecule has 2 aliphatic carbocycles. The van der Waals surface area contributed by atoms with Gasteiger partial charge in [0.2, 0.25) is 0 Å². The molecule has 64 heavy (non-hydrogen) atoms. The van der Waals surface area contributed by atoms with Gasteiger partial charge in [-0.05, 0) is 134 Å². The van der Waals surface area contributed by atoms with Crippen molar-refractivity contribution in [1.29, 1.82) is 0 Å². The number of thiophene rings is 1. The Labute approximate surface area is 377 Å². The molecule has 0 radical (unpaired) electrons. The van der Waals surface area contributed by atoms with Crippen molar-refractivity contribution in [1.82, 2.24) is 0 Å². The fourth-order valence-electron chi connectivity index (χ4n) is 10.8. The van der Waals surface area contributed by atoms with Crippen LogP contribution in [0, 0.1) is 0 Å². The fraction of sp³-hybridized carbons (Fsp3) is 0.0164. The summed E-state index contributed by atoms with van der Waals surface area (Å²) < 4.78 is 2.57. The number of anilines is 6. The van der Waals surface area contributed by atoms with Crippen LogP contribution in [0.1, 0.15) is 22.3 Å². The first kappa shape index (κ1) is 36.7. The summed E-state index contributed by atoms with van der Waals surface area (Å²) in [6, 6.07) is 89.6. The van der Waals surface area contributed by atoms with Crippen molar-refractivity contribution in [3.8, 4) is 33.4 Å². The highest BCUT2D eigenvalue weighted by atomic mass is 32.1. The average molecular weight is 833 g/mol. The van der Waals surface area contributed by atoms with E-state index in [9.17, 15) is 0 Å². The number of fused-ring (bicyclic) bond motifs is 13. The maximum Gasteiger partial charge on any atom is 0.0727 e. The van der Waals surface area contributed by atoms with Gasteiger partial charge in [-0.2, -0.15) is 0 Å². The molecule has 2 nitrogen and oxygen atoms in total. The lowest BCUT2D eigenvalue weighted by Gasteiger charge is -2.33. The first-order chi connectivity index (χ1) is 31.8. The zero-order valence-corrected chi connectivity index (χ0v) is 35.7. The first-order valence-electron chi connectivity index (χ1n) is 22.0. The molecule has 300 valence electrons. The van der Waals surface area contributed by atoms with E-state index in [2.05, 4.69) is 252 Å². The Kier molecular flexibility index (Phi) is 8.34. The molecule has 13 rings (SSSR count). The van der Waals surface area contributed by atoms with E-state index in [0.29, 0.717) is 0 Å². The Hall–Kier alpha value is -7.98. The topological polar surface area (TPSA) is 6.48 Å². The number of para-hydroxylation sites is 2. The average Bonchev–Trinajstić information content (AvgIpc) is 3.99. The smallest absolute Gasteiger partial charge is 0.0727 e. The summed E-state index contributed by atoms with van der Waals surface area (Å²) in [4.78, 5) is 4.90. The third kappa shape index (κ3) is 5.44. The van der Waals surface area contributed by atoms with Gasteiger partial charge in [-0.15, -0.1) is 11.3 Å². The van der Waals surface area contributed by atoms with Gasteiger partial charge in [-0.25, -0.2) is 0 Å². The Morgan fingerprint density at radius 1 is 0.297 bits per heavy atom. The van der Waals surface area contributed by atoms with E-state index in [0.717, 1.165) is 28.4 Å². The van der Waals surface area contributed by atoms with Crippen LogP contribution in [-0.4, -0.2) is 0 Å². The second-order valence-corrected chi connectivity index (χ2v) is 17.9. The minimum absolute atomic E-state index is 0.568. The largest absolute Gasteiger partial charge is 0.310 e. The molecule has 1 heterocycles. The molecule has 0 fully saturated rings. The highest BCUT2D eigenvalue weighted by molar-refractivity contribution is 7.26. The lowest BCUT2D eigenvalue weighted by molar-refractivity contribution is 0.793. The van der Waals surface area contributed by atoms with Gasteiger partial charge < -0.3 is 9.80 Å². The summed E-state index contributed by atoms with van der Waals surface area (Å²) in [6.07, 6.45) is 0. The Morgan fingerprint density at radius 3 is 1.42 bits per heavy atom. The van der Waals surface area contributed by atoms with E-state index in [4.69, 9.17) is 0 Å². The minimum atomic E-state index is -0.568. The Balaban J connectivity index is 1.09. The van der Waals surface area contributed by atoms with E-state index in [1.807, 2.05) is 11.3 Å². The van der Waals surface area contributed by atoms with Gasteiger partial charge >= 0.3 is 0 Å². The number of benzene rings is 10. The van der Waals surface area contributed by atoms with Gasteiger partial charge in [-0.1, -0.05) is 164 Å². The third-order valence-corrected chi connectivity index (χ3v) is 14.6. The van der Waals surface area contributed by atoms with E-state index >= 15 is 0 Å². The molecule has 0 bridgehead atoms. The first-order valence-corrected chi connectivity index (χ1v) is 22.8. The Morgan fingerprint density at radius 2 is 0.766 bits per heavy atom. The molecule has 0 aliphatic heterocycles. The van der Waals surface area contributed by atoms with Crippen molar-refractivity contribution in [2.24, 2.45) is 0 Å². The predicted molar refractivity (Wildman–Crippen MR) is 270 cm³/mol. The quantitative estimate of drug-likeness (QED) is 0.158. The molecular weight excluding hydrogens is 793 g/mol. The summed E-state index contributed by atoms with van der Waals surface area (Å²) in [6.45, 7) is 0. The zero-order chi connectivity index (χ0) is 42.2. The predicted octanol–water partition coefficient (Wildman–Crippen LogP) is 17.0. The monoisotopic (exact) mass is 832 g/mol. The van der Waals surface area contributed by atoms with Crippen LogP contribution in [0.15, 0.2) is 243 Å². The molecule has 1 atom stereocenters. The highest BCUT2D eigenvalue weighted by Crippen LogP contribution is 2.64. The SMILES string of the molecule is c1ccc(-c2cccc(N(c3ccc4c(c3)C3(c5ccccc5-c5ccc(N(c6ccccc6)c6ccccc6)cc53)c3ccccc3-4)c3cccc4sc5ccccc5c34)c2)cc1. The van der Waals surface area contributed by atoms with E-state index < -0.39 is 5.41 Å². The maximum atomic E-state index is 2.52. The summed E-state index contributed by atoms with van der Waals surface area (Å²) in [5, 5.41) is 2.55. The summed E-state index contributed by atoms with van der Waals surface area (Å²) >= 11 is 1.86. The lowest BCUT2D eigenvalue weighted by atomic mass is 9.70. The molecule has 2 aliphatic rings. The van der Waals surface area contributed by atoms with Gasteiger partial charge in [0.05, 0.1) is 11.1 Å². The third-order valence-electron chi connectivity index (χ3n) is 13.4. The van der Waals surface area contributed by atoms with Crippen LogP contribution < -0.4 is 9.80 Å². The molecule has 0 saturated carbocycles. The molecule has 1 spiro atoms. The van der Waals surface area contributed by atoms with E-state index in [1.165, 1.54) is 81.5 Å². The Bertz CT molecular complexity index is 3520. The van der Waals surface area contributed by atoms with Crippen molar-refractivity contribution in [2.75, 3.05) is 9.80 Å². The molecule has 11 aromatic rings. The number of rotatable bonds is 7. The van der Waals surface area contributed by atoms with E-state index in [1.54, 1.807) is 0 Å². The zero-order valence-electron chi connectivity index (χ0n) is 34.9. The van der Waals surface area contributed by atoms with Crippen LogP contribution in [0.4, 0.5) is 34.1 Å². The second-order valence-electron chi connectivity index (χ2n) is 16.8. The second kappa shape index (κ2) is 14.6. The van der Waals surface area contributed by atoms with Crippen LogP contribution in [0.5, 0.6) is 0 Å². The van der Waals surface area contributed by atoms with Gasteiger partial charge in [-0.3, -0.25) is 0 Å². The van der Waals surface area contributed by atoms with Gasteiger partial charge in [0.15, 0.2) is 0 Å². The summed E-state index contributed by atoms with van der Waals surface area (Å²) in [7, 11) is 0. The minimum Gasteiger partial charge on any atom is -0.310 e. The van der Waals surface area contributed by atoms with Crippen molar-refractivity contribution in [2.45, 2.75) is 5.41 Å². The summed E-state index contributed by atoms with van der Waals surface area (Å²) in [5.41, 5.74) is 18.9. The van der Waals surface area contributed by atoms with Crippen molar-refractivity contribution in [3.63, 3.8) is 0 Å². The van der Waals surface area contributed by atoms with Gasteiger partial charge in [0.25, 0.3) is 0 Å². The molecule has 3 heteroatoms. The van der Waals surface area contributed by atoms with Crippen LogP contribution in [0.2, 0.25) is 0 Å². The maximum absolute atomic E-state index is 2.52. The molecule has 0 saturated heterocycles. The van der Waals surface area contributed by atoms with Gasteiger partial charge in [0.1, 0.15) is 0 Å². The van der Waals surface area contributed by atoms with Crippen molar-refractivity contribution >= 4 is 65.6 Å². The number of hydrogen-bond donors (Lipinski definition) is 0. The van der Waals surface area contributed by atoms with Crippen LogP contribution in [0.25, 0.3) is 53.6 Å². The molecule has 1 aromatic heterocycles. The lowest BCUT2D eigenvalue weighted by Crippen LogP contribution is -2.26.